The zero-order valence-electron chi connectivity index (χ0n) is 12.5. The predicted molar refractivity (Wildman–Crippen MR) is 79.2 cm³/mol. The van der Waals surface area contributed by atoms with Gasteiger partial charge < -0.3 is 0 Å². The van der Waals surface area contributed by atoms with Crippen molar-refractivity contribution in [2.45, 2.75) is 40.5 Å². The first-order valence-electron chi connectivity index (χ1n) is 6.89. The maximum absolute atomic E-state index is 14.0. The summed E-state index contributed by atoms with van der Waals surface area (Å²) in [4.78, 5) is 0. The molecular formula is C18H20F2. The average Bonchev–Trinajstić information content (AvgIpc) is 2.33. The third-order valence-electron chi connectivity index (χ3n) is 3.82. The molecular weight excluding hydrogens is 254 g/mol. The fraction of sp³-hybridized carbons (Fsp3) is 0.333. The molecule has 2 rings (SSSR count). The number of halogens is 2. The summed E-state index contributed by atoms with van der Waals surface area (Å²) < 4.78 is 27.6. The van der Waals surface area contributed by atoms with Crippen LogP contribution in [0.4, 0.5) is 8.78 Å². The molecule has 0 saturated heterocycles. The lowest BCUT2D eigenvalue weighted by molar-refractivity contribution is 0.603. The summed E-state index contributed by atoms with van der Waals surface area (Å²) in [6.07, 6.45) is 1.26. The quantitative estimate of drug-likeness (QED) is 0.740. The van der Waals surface area contributed by atoms with Crippen molar-refractivity contribution < 1.29 is 8.78 Å². The third-order valence-corrected chi connectivity index (χ3v) is 3.82. The molecule has 0 atom stereocenters. The van der Waals surface area contributed by atoms with E-state index in [1.807, 2.05) is 32.9 Å². The molecule has 2 heteroatoms. The zero-order chi connectivity index (χ0) is 14.9. The van der Waals surface area contributed by atoms with E-state index in [0.717, 1.165) is 27.8 Å². The smallest absolute Gasteiger partial charge is 0.126 e. The van der Waals surface area contributed by atoms with E-state index in [1.165, 1.54) is 0 Å². The maximum Gasteiger partial charge on any atom is 0.126 e. The minimum Gasteiger partial charge on any atom is -0.207 e. The van der Waals surface area contributed by atoms with Crippen molar-refractivity contribution in [1.82, 2.24) is 0 Å². The van der Waals surface area contributed by atoms with Gasteiger partial charge in [0.2, 0.25) is 0 Å². The molecule has 106 valence electrons. The minimum atomic E-state index is -0.188. The first-order chi connectivity index (χ1) is 9.38. The largest absolute Gasteiger partial charge is 0.207 e. The van der Waals surface area contributed by atoms with E-state index < -0.39 is 0 Å². The van der Waals surface area contributed by atoms with E-state index in [-0.39, 0.29) is 11.6 Å². The molecule has 2 aromatic rings. The minimum absolute atomic E-state index is 0.160. The molecule has 0 spiro atoms. The molecule has 0 saturated carbocycles. The van der Waals surface area contributed by atoms with Gasteiger partial charge in [-0.2, -0.15) is 0 Å². The van der Waals surface area contributed by atoms with Crippen LogP contribution in [0.25, 0.3) is 0 Å². The van der Waals surface area contributed by atoms with Gasteiger partial charge in [-0.15, -0.1) is 0 Å². The van der Waals surface area contributed by atoms with Crippen LogP contribution in [0.15, 0.2) is 24.3 Å². The van der Waals surface area contributed by atoms with Crippen LogP contribution < -0.4 is 0 Å². The van der Waals surface area contributed by atoms with Gasteiger partial charge in [0.1, 0.15) is 11.6 Å². The molecule has 0 fully saturated rings. The van der Waals surface area contributed by atoms with Gasteiger partial charge in [0.25, 0.3) is 0 Å². The van der Waals surface area contributed by atoms with Crippen LogP contribution in [-0.4, -0.2) is 0 Å². The molecule has 0 N–H and O–H groups in total. The van der Waals surface area contributed by atoms with Gasteiger partial charge in [-0.05, 0) is 86.1 Å². The van der Waals surface area contributed by atoms with Crippen molar-refractivity contribution in [3.8, 4) is 0 Å². The lowest BCUT2D eigenvalue weighted by Crippen LogP contribution is -2.01. The van der Waals surface area contributed by atoms with Crippen LogP contribution in [0.2, 0.25) is 0 Å². The highest BCUT2D eigenvalue weighted by atomic mass is 19.1. The Morgan fingerprint density at radius 3 is 2.05 bits per heavy atom. The summed E-state index contributed by atoms with van der Waals surface area (Å²) in [7, 11) is 0. The van der Waals surface area contributed by atoms with Gasteiger partial charge in [0, 0.05) is 0 Å². The van der Waals surface area contributed by atoms with Crippen LogP contribution >= 0.6 is 0 Å². The van der Waals surface area contributed by atoms with Crippen molar-refractivity contribution >= 4 is 0 Å². The van der Waals surface area contributed by atoms with Gasteiger partial charge in [-0.3, -0.25) is 0 Å². The Hall–Kier alpha value is -1.70. The lowest BCUT2D eigenvalue weighted by Gasteiger charge is -2.11. The second kappa shape index (κ2) is 5.74. The van der Waals surface area contributed by atoms with Crippen LogP contribution in [0.3, 0.4) is 0 Å². The first-order valence-corrected chi connectivity index (χ1v) is 6.89. The van der Waals surface area contributed by atoms with Crippen molar-refractivity contribution in [3.05, 3.63) is 69.3 Å². The number of benzene rings is 2. The Kier molecular flexibility index (Phi) is 4.22. The normalized spacial score (nSPS) is 10.9. The first kappa shape index (κ1) is 14.7. The number of hydrogen-bond donors (Lipinski definition) is 0. The summed E-state index contributed by atoms with van der Waals surface area (Å²) in [5.41, 5.74) is 5.30. The fourth-order valence-corrected chi connectivity index (χ4v) is 2.66. The molecule has 20 heavy (non-hydrogen) atoms. The summed E-state index contributed by atoms with van der Waals surface area (Å²) in [5, 5.41) is 0. The van der Waals surface area contributed by atoms with Crippen molar-refractivity contribution in [2.24, 2.45) is 0 Å². The molecule has 0 heterocycles. The number of hydrogen-bond acceptors (Lipinski definition) is 0. The Balaban J connectivity index is 2.23. The molecule has 0 unspecified atom stereocenters. The number of rotatable bonds is 3. The molecule has 0 amide bonds. The molecule has 0 radical (unpaired) electrons. The van der Waals surface area contributed by atoms with Gasteiger partial charge in [-0.1, -0.05) is 12.1 Å². The highest BCUT2D eigenvalue weighted by Crippen LogP contribution is 2.21. The Labute approximate surface area is 119 Å². The van der Waals surface area contributed by atoms with Crippen LogP contribution in [-0.2, 0) is 12.8 Å². The standard InChI is InChI=1S/C18H20F2/c1-11-7-13(3)16(18(20)8-11)6-5-15-10-17(19)14(4)9-12(15)2/h7-10H,5-6H2,1-4H3. The second-order valence-electron chi connectivity index (χ2n) is 5.57. The van der Waals surface area contributed by atoms with Gasteiger partial charge in [0.15, 0.2) is 0 Å². The summed E-state index contributed by atoms with van der Waals surface area (Å²) in [6, 6.07) is 6.97. The summed E-state index contributed by atoms with van der Waals surface area (Å²) in [5.74, 6) is -0.348. The Morgan fingerprint density at radius 2 is 1.40 bits per heavy atom. The molecule has 2 aromatic carbocycles. The molecule has 0 aliphatic carbocycles. The second-order valence-corrected chi connectivity index (χ2v) is 5.57. The predicted octanol–water partition coefficient (Wildman–Crippen LogP) is 4.98. The highest BCUT2D eigenvalue weighted by molar-refractivity contribution is 5.35. The van der Waals surface area contributed by atoms with Crippen molar-refractivity contribution in [3.63, 3.8) is 0 Å². The summed E-state index contributed by atoms with van der Waals surface area (Å²) in [6.45, 7) is 7.55. The van der Waals surface area contributed by atoms with Crippen LogP contribution in [0, 0.1) is 39.3 Å². The number of aryl methyl sites for hydroxylation is 5. The fourth-order valence-electron chi connectivity index (χ4n) is 2.66. The monoisotopic (exact) mass is 274 g/mol. The Bertz CT molecular complexity index is 619. The van der Waals surface area contributed by atoms with Crippen LogP contribution in [0.5, 0.6) is 0 Å². The van der Waals surface area contributed by atoms with E-state index in [4.69, 9.17) is 0 Å². The van der Waals surface area contributed by atoms with E-state index in [1.54, 1.807) is 19.1 Å². The van der Waals surface area contributed by atoms with E-state index >= 15 is 0 Å². The third kappa shape index (κ3) is 3.06. The Morgan fingerprint density at radius 1 is 0.700 bits per heavy atom. The molecule has 0 aliphatic heterocycles. The van der Waals surface area contributed by atoms with E-state index in [0.29, 0.717) is 18.4 Å². The van der Waals surface area contributed by atoms with Crippen LogP contribution in [0.1, 0.15) is 33.4 Å². The molecule has 0 bridgehead atoms. The molecule has 0 aromatic heterocycles. The van der Waals surface area contributed by atoms with Gasteiger partial charge in [0.05, 0.1) is 0 Å². The van der Waals surface area contributed by atoms with E-state index in [2.05, 4.69) is 0 Å². The molecule has 0 nitrogen and oxygen atoms in total. The van der Waals surface area contributed by atoms with Gasteiger partial charge in [-0.25, -0.2) is 8.78 Å². The average molecular weight is 274 g/mol. The van der Waals surface area contributed by atoms with E-state index in [9.17, 15) is 8.78 Å². The molecule has 0 aliphatic rings. The maximum atomic E-state index is 14.0. The van der Waals surface area contributed by atoms with Gasteiger partial charge >= 0.3 is 0 Å². The highest BCUT2D eigenvalue weighted by Gasteiger charge is 2.09. The lowest BCUT2D eigenvalue weighted by atomic mass is 9.95. The summed E-state index contributed by atoms with van der Waals surface area (Å²) >= 11 is 0. The SMILES string of the molecule is Cc1cc(C)c(CCc2cc(F)c(C)cc2C)c(F)c1. The van der Waals surface area contributed by atoms with Crippen molar-refractivity contribution in [1.29, 1.82) is 0 Å². The van der Waals surface area contributed by atoms with Crippen molar-refractivity contribution in [2.75, 3.05) is 0 Å². The zero-order valence-corrected chi connectivity index (χ0v) is 12.5. The topological polar surface area (TPSA) is 0 Å².